The van der Waals surface area contributed by atoms with E-state index in [2.05, 4.69) is 15.3 Å². The number of hydrogen-bond donors (Lipinski definition) is 1. The average Bonchev–Trinajstić information content (AvgIpc) is 2.87. The number of amides is 3. The molecule has 1 N–H and O–H groups in total. The first-order valence-electron chi connectivity index (χ1n) is 12.2. The third kappa shape index (κ3) is 6.97. The van der Waals surface area contributed by atoms with Gasteiger partial charge in [0.1, 0.15) is 16.4 Å². The van der Waals surface area contributed by atoms with Gasteiger partial charge in [-0.3, -0.25) is 9.59 Å². The van der Waals surface area contributed by atoms with Gasteiger partial charge in [-0.25, -0.2) is 19.6 Å². The van der Waals surface area contributed by atoms with Crippen molar-refractivity contribution in [2.45, 2.75) is 45.8 Å². The predicted octanol–water partition coefficient (Wildman–Crippen LogP) is 2.93. The molecule has 1 aromatic heterocycles. The van der Waals surface area contributed by atoms with Gasteiger partial charge in [-0.1, -0.05) is 41.9 Å². The molecule has 11 nitrogen and oxygen atoms in total. The number of halogens is 1. The van der Waals surface area contributed by atoms with E-state index in [0.29, 0.717) is 5.56 Å². The molecule has 2 aromatic rings. The highest BCUT2D eigenvalue weighted by atomic mass is 35.5. The SMILES string of the molecule is CCOC(=O)N1CCN(C(=O)[C@](C)(NC(=O)c2cc(Cl)nc(-c3ccccc3)n2)C(=O)OC(C)(C)C)CC1. The van der Waals surface area contributed by atoms with Crippen molar-refractivity contribution in [1.29, 1.82) is 0 Å². The van der Waals surface area contributed by atoms with E-state index in [1.807, 2.05) is 6.07 Å². The molecule has 1 aliphatic rings. The molecule has 0 saturated carbocycles. The number of nitrogens with one attached hydrogen (secondary N) is 1. The fraction of sp³-hybridized carbons (Fsp3) is 0.462. The lowest BCUT2D eigenvalue weighted by atomic mass is 9.98. The molecule has 1 atom stereocenters. The number of aromatic nitrogens is 2. The van der Waals surface area contributed by atoms with Crippen LogP contribution in [0.25, 0.3) is 11.4 Å². The van der Waals surface area contributed by atoms with Gasteiger partial charge in [-0.05, 0) is 34.6 Å². The van der Waals surface area contributed by atoms with Gasteiger partial charge in [0.25, 0.3) is 11.8 Å². The van der Waals surface area contributed by atoms with Crippen LogP contribution in [0.15, 0.2) is 36.4 Å². The quantitative estimate of drug-likeness (QED) is 0.333. The Kier molecular flexibility index (Phi) is 8.93. The van der Waals surface area contributed by atoms with E-state index in [1.165, 1.54) is 22.8 Å². The van der Waals surface area contributed by atoms with Gasteiger partial charge < -0.3 is 24.6 Å². The topological polar surface area (TPSA) is 131 Å². The first kappa shape index (κ1) is 28.8. The number of rotatable bonds is 6. The van der Waals surface area contributed by atoms with Gasteiger partial charge in [-0.15, -0.1) is 0 Å². The molecule has 1 saturated heterocycles. The maximum atomic E-state index is 13.7. The minimum absolute atomic E-state index is 0.0180. The molecule has 0 radical (unpaired) electrons. The molecule has 1 aliphatic heterocycles. The molecule has 38 heavy (non-hydrogen) atoms. The molecule has 0 bridgehead atoms. The first-order chi connectivity index (χ1) is 17.8. The van der Waals surface area contributed by atoms with Gasteiger partial charge in [-0.2, -0.15) is 0 Å². The molecule has 3 rings (SSSR count). The lowest BCUT2D eigenvalue weighted by Gasteiger charge is -2.39. The Labute approximate surface area is 226 Å². The molecule has 1 aromatic carbocycles. The molecule has 12 heteroatoms. The van der Waals surface area contributed by atoms with Crippen molar-refractivity contribution >= 4 is 35.5 Å². The summed E-state index contributed by atoms with van der Waals surface area (Å²) in [6.45, 7) is 8.92. The average molecular weight is 546 g/mol. The minimum Gasteiger partial charge on any atom is -0.458 e. The summed E-state index contributed by atoms with van der Waals surface area (Å²) in [5.74, 6) is -2.20. The number of esters is 1. The Morgan fingerprint density at radius 1 is 0.974 bits per heavy atom. The van der Waals surface area contributed by atoms with E-state index in [9.17, 15) is 19.2 Å². The van der Waals surface area contributed by atoms with E-state index in [1.54, 1.807) is 52.0 Å². The van der Waals surface area contributed by atoms with Gasteiger partial charge in [0, 0.05) is 37.8 Å². The summed E-state index contributed by atoms with van der Waals surface area (Å²) < 4.78 is 10.5. The second-order valence-electron chi connectivity index (χ2n) is 9.82. The Morgan fingerprint density at radius 2 is 1.58 bits per heavy atom. The van der Waals surface area contributed by atoms with E-state index in [-0.39, 0.29) is 49.5 Å². The second-order valence-corrected chi connectivity index (χ2v) is 10.2. The third-order valence-electron chi connectivity index (χ3n) is 5.65. The number of nitrogens with zero attached hydrogens (tertiary/aromatic N) is 4. The van der Waals surface area contributed by atoms with Crippen LogP contribution in [0.2, 0.25) is 5.15 Å². The summed E-state index contributed by atoms with van der Waals surface area (Å²) in [7, 11) is 0. The molecular formula is C26H32ClN5O6. The Hall–Kier alpha value is -3.73. The second kappa shape index (κ2) is 11.8. The van der Waals surface area contributed by atoms with Crippen LogP contribution in [-0.4, -0.2) is 87.6 Å². The van der Waals surface area contributed by atoms with Crippen molar-refractivity contribution < 1.29 is 28.7 Å². The summed E-state index contributed by atoms with van der Waals surface area (Å²) in [5.41, 5.74) is -2.50. The molecular weight excluding hydrogens is 514 g/mol. The predicted molar refractivity (Wildman–Crippen MR) is 139 cm³/mol. The normalized spacial score (nSPS) is 15.3. The van der Waals surface area contributed by atoms with Crippen molar-refractivity contribution in [3.05, 3.63) is 47.2 Å². The maximum absolute atomic E-state index is 13.7. The lowest BCUT2D eigenvalue weighted by Crippen LogP contribution is -2.66. The molecule has 204 valence electrons. The third-order valence-corrected chi connectivity index (χ3v) is 5.84. The first-order valence-corrected chi connectivity index (χ1v) is 12.6. The van der Waals surface area contributed by atoms with E-state index in [4.69, 9.17) is 21.1 Å². The van der Waals surface area contributed by atoms with Crippen molar-refractivity contribution in [1.82, 2.24) is 25.1 Å². The zero-order chi connectivity index (χ0) is 28.1. The summed E-state index contributed by atoms with van der Waals surface area (Å²) in [5, 5.41) is 2.55. The van der Waals surface area contributed by atoms with Crippen LogP contribution in [0.5, 0.6) is 0 Å². The number of benzene rings is 1. The number of hydrogen-bond acceptors (Lipinski definition) is 8. The van der Waals surface area contributed by atoms with E-state index >= 15 is 0 Å². The Morgan fingerprint density at radius 3 is 2.16 bits per heavy atom. The smallest absolute Gasteiger partial charge is 0.409 e. The van der Waals surface area contributed by atoms with Crippen LogP contribution >= 0.6 is 11.6 Å². The van der Waals surface area contributed by atoms with Crippen molar-refractivity contribution in [2.24, 2.45) is 0 Å². The highest BCUT2D eigenvalue weighted by molar-refractivity contribution is 6.29. The van der Waals surface area contributed by atoms with Crippen LogP contribution in [0.4, 0.5) is 4.79 Å². The van der Waals surface area contributed by atoms with E-state index < -0.39 is 35.0 Å². The van der Waals surface area contributed by atoms with Crippen LogP contribution in [-0.2, 0) is 19.1 Å². The summed E-state index contributed by atoms with van der Waals surface area (Å²) >= 11 is 6.17. The molecule has 0 aliphatic carbocycles. The monoisotopic (exact) mass is 545 g/mol. The summed E-state index contributed by atoms with van der Waals surface area (Å²) in [6.07, 6.45) is -0.474. The Balaban J connectivity index is 1.87. The molecule has 3 amide bonds. The minimum atomic E-state index is -2.08. The largest absolute Gasteiger partial charge is 0.458 e. The fourth-order valence-electron chi connectivity index (χ4n) is 3.74. The Bertz CT molecular complexity index is 1190. The van der Waals surface area contributed by atoms with Crippen LogP contribution in [0.1, 0.15) is 45.1 Å². The maximum Gasteiger partial charge on any atom is 0.409 e. The van der Waals surface area contributed by atoms with Crippen LogP contribution in [0, 0.1) is 0 Å². The van der Waals surface area contributed by atoms with Crippen molar-refractivity contribution in [3.63, 3.8) is 0 Å². The highest BCUT2D eigenvalue weighted by Gasteiger charge is 2.49. The molecule has 0 spiro atoms. The number of piperazine rings is 1. The molecule has 1 fully saturated rings. The zero-order valence-electron chi connectivity index (χ0n) is 22.1. The van der Waals surface area contributed by atoms with Gasteiger partial charge in [0.2, 0.25) is 5.54 Å². The van der Waals surface area contributed by atoms with Crippen molar-refractivity contribution in [2.75, 3.05) is 32.8 Å². The summed E-state index contributed by atoms with van der Waals surface area (Å²) in [6, 6.07) is 10.2. The number of carbonyl (C=O) groups excluding carboxylic acids is 4. The fourth-order valence-corrected chi connectivity index (χ4v) is 3.92. The lowest BCUT2D eigenvalue weighted by molar-refractivity contribution is -0.168. The van der Waals surface area contributed by atoms with Gasteiger partial charge in [0.05, 0.1) is 6.61 Å². The molecule has 2 heterocycles. The standard InChI is InChI=1S/C26H32ClN5O6/c1-6-37-24(36)32-14-12-31(13-15-32)22(34)26(5,23(35)38-25(2,3)4)30-21(33)18-16-19(27)29-20(28-18)17-10-8-7-9-11-17/h7-11,16H,6,12-15H2,1-5H3,(H,30,33)/t26-/m0/s1. The van der Waals surface area contributed by atoms with Crippen LogP contribution < -0.4 is 5.32 Å². The number of ether oxygens (including phenoxy) is 2. The zero-order valence-corrected chi connectivity index (χ0v) is 22.9. The van der Waals surface area contributed by atoms with Crippen LogP contribution in [0.3, 0.4) is 0 Å². The van der Waals surface area contributed by atoms with Crippen molar-refractivity contribution in [3.8, 4) is 11.4 Å². The molecule has 0 unspecified atom stereocenters. The summed E-state index contributed by atoms with van der Waals surface area (Å²) in [4.78, 5) is 63.8. The van der Waals surface area contributed by atoms with E-state index in [0.717, 1.165) is 0 Å². The van der Waals surface area contributed by atoms with Gasteiger partial charge in [0.15, 0.2) is 5.82 Å². The highest BCUT2D eigenvalue weighted by Crippen LogP contribution is 2.21. The van der Waals surface area contributed by atoms with Gasteiger partial charge >= 0.3 is 12.1 Å². The number of carbonyl (C=O) groups is 4.